The predicted octanol–water partition coefficient (Wildman–Crippen LogP) is 2.23. The summed E-state index contributed by atoms with van der Waals surface area (Å²) in [6, 6.07) is 10.7. The third-order valence-electron chi connectivity index (χ3n) is 4.99. The van der Waals surface area contributed by atoms with Gasteiger partial charge in [0.25, 0.3) is 0 Å². The lowest BCUT2D eigenvalue weighted by Crippen LogP contribution is -2.62. The van der Waals surface area contributed by atoms with Crippen molar-refractivity contribution in [3.8, 4) is 0 Å². The van der Waals surface area contributed by atoms with Gasteiger partial charge in [0.15, 0.2) is 0 Å². The van der Waals surface area contributed by atoms with Gasteiger partial charge < -0.3 is 0 Å². The topological polar surface area (TPSA) is 6.48 Å². The lowest BCUT2D eigenvalue weighted by molar-refractivity contribution is 0.00461. The predicted molar refractivity (Wildman–Crippen MR) is 81.6 cm³/mol. The number of hydrogen-bond donors (Lipinski definition) is 0. The average Bonchev–Trinajstić information content (AvgIpc) is 2.91. The summed E-state index contributed by atoms with van der Waals surface area (Å²) in [6.45, 7) is 5.06. The molecule has 2 nitrogen and oxygen atoms in total. The second kappa shape index (κ2) is 5.12. The van der Waals surface area contributed by atoms with E-state index in [2.05, 4.69) is 45.8 Å². The van der Waals surface area contributed by atoms with Crippen molar-refractivity contribution in [2.45, 2.75) is 31.5 Å². The van der Waals surface area contributed by atoms with Gasteiger partial charge in [-0.25, -0.2) is 0 Å². The molecule has 3 heterocycles. The smallest absolute Gasteiger partial charge is 0.0354 e. The Bertz CT molecular complexity index is 450. The molecule has 0 amide bonds. The minimum Gasteiger partial charge on any atom is -0.296 e. The van der Waals surface area contributed by atoms with E-state index in [0.29, 0.717) is 0 Å². The van der Waals surface area contributed by atoms with Gasteiger partial charge in [-0.05, 0) is 29.7 Å². The maximum absolute atomic E-state index is 2.71. The van der Waals surface area contributed by atoms with Crippen LogP contribution in [0.15, 0.2) is 24.3 Å². The van der Waals surface area contributed by atoms with Crippen LogP contribution in [-0.4, -0.2) is 53.0 Å². The van der Waals surface area contributed by atoms with Crippen LogP contribution in [0.4, 0.5) is 0 Å². The van der Waals surface area contributed by atoms with Gasteiger partial charge in [-0.15, -0.1) is 0 Å². The molecule has 0 bridgehead atoms. The molecule has 0 spiro atoms. The zero-order valence-corrected chi connectivity index (χ0v) is 12.2. The number of rotatable bonds is 2. The minimum absolute atomic E-state index is 0.818. The summed E-state index contributed by atoms with van der Waals surface area (Å²) < 4.78 is 0. The number of likely N-dealkylation sites (tertiary alicyclic amines) is 1. The molecule has 3 heteroatoms. The van der Waals surface area contributed by atoms with Crippen molar-refractivity contribution in [1.29, 1.82) is 0 Å². The summed E-state index contributed by atoms with van der Waals surface area (Å²) in [5, 5.41) is 0. The molecule has 0 N–H and O–H groups in total. The summed E-state index contributed by atoms with van der Waals surface area (Å²) in [5.74, 6) is 2.75. The highest BCUT2D eigenvalue weighted by Gasteiger charge is 2.37. The first-order valence-corrected chi connectivity index (χ1v) is 8.68. The van der Waals surface area contributed by atoms with E-state index in [9.17, 15) is 0 Å². The van der Waals surface area contributed by atoms with Gasteiger partial charge >= 0.3 is 0 Å². The molecule has 0 aliphatic carbocycles. The summed E-state index contributed by atoms with van der Waals surface area (Å²) >= 11 is 2.13. The van der Waals surface area contributed by atoms with Crippen LogP contribution < -0.4 is 0 Å². The maximum Gasteiger partial charge on any atom is 0.0354 e. The fourth-order valence-corrected chi connectivity index (χ4v) is 4.91. The van der Waals surface area contributed by atoms with Gasteiger partial charge in [0, 0.05) is 44.0 Å². The lowest BCUT2D eigenvalue weighted by Gasteiger charge is -2.49. The maximum atomic E-state index is 2.71. The normalized spacial score (nSPS) is 29.2. The number of fused-ring (bicyclic) bond motifs is 1. The third kappa shape index (κ3) is 2.32. The van der Waals surface area contributed by atoms with Gasteiger partial charge in [0.1, 0.15) is 0 Å². The molecule has 19 heavy (non-hydrogen) atoms. The van der Waals surface area contributed by atoms with E-state index in [0.717, 1.165) is 12.1 Å². The molecule has 1 aromatic carbocycles. The Kier molecular flexibility index (Phi) is 3.30. The monoisotopic (exact) mass is 274 g/mol. The van der Waals surface area contributed by atoms with Gasteiger partial charge in [-0.2, -0.15) is 11.8 Å². The van der Waals surface area contributed by atoms with Crippen molar-refractivity contribution in [3.05, 3.63) is 35.4 Å². The molecule has 1 atom stereocenters. The van der Waals surface area contributed by atoms with Crippen molar-refractivity contribution >= 4 is 11.8 Å². The van der Waals surface area contributed by atoms with Crippen molar-refractivity contribution in [2.75, 3.05) is 31.1 Å². The van der Waals surface area contributed by atoms with Crippen LogP contribution in [0.25, 0.3) is 0 Å². The quantitative estimate of drug-likeness (QED) is 0.816. The Morgan fingerprint density at radius 3 is 2.63 bits per heavy atom. The van der Waals surface area contributed by atoms with Crippen LogP contribution in [0.2, 0.25) is 0 Å². The van der Waals surface area contributed by atoms with Crippen LogP contribution in [0, 0.1) is 0 Å². The largest absolute Gasteiger partial charge is 0.296 e. The Morgan fingerprint density at radius 2 is 1.84 bits per heavy atom. The number of thioether (sulfide) groups is 1. The molecule has 0 saturated carbocycles. The Morgan fingerprint density at radius 1 is 1.00 bits per heavy atom. The summed E-state index contributed by atoms with van der Waals surface area (Å²) in [5.41, 5.74) is 3.13. The van der Waals surface area contributed by atoms with E-state index in [4.69, 9.17) is 0 Å². The van der Waals surface area contributed by atoms with E-state index in [1.165, 1.54) is 50.5 Å². The van der Waals surface area contributed by atoms with Gasteiger partial charge in [0.2, 0.25) is 0 Å². The second-order valence-corrected chi connectivity index (χ2v) is 7.26. The third-order valence-corrected chi connectivity index (χ3v) is 6.13. The highest BCUT2D eigenvalue weighted by molar-refractivity contribution is 7.99. The molecule has 3 aliphatic heterocycles. The molecule has 3 aliphatic rings. The van der Waals surface area contributed by atoms with Crippen LogP contribution in [0.3, 0.4) is 0 Å². The standard InChI is InChI=1S/C16H22N2S/c1-2-4-14-9-17(7-5-13(14)3-1)16-10-18(11-16)15-6-8-19-12-15/h1-4,15-16H,5-12H2. The van der Waals surface area contributed by atoms with E-state index >= 15 is 0 Å². The fourth-order valence-electron chi connectivity index (χ4n) is 3.66. The van der Waals surface area contributed by atoms with E-state index in [1.807, 2.05) is 0 Å². The number of benzene rings is 1. The van der Waals surface area contributed by atoms with Crippen LogP contribution >= 0.6 is 11.8 Å². The molecule has 2 fully saturated rings. The molecule has 1 unspecified atom stereocenters. The molecule has 1 aromatic rings. The number of nitrogens with zero attached hydrogens (tertiary/aromatic N) is 2. The summed E-state index contributed by atoms with van der Waals surface area (Å²) in [4.78, 5) is 5.42. The van der Waals surface area contributed by atoms with E-state index < -0.39 is 0 Å². The van der Waals surface area contributed by atoms with Gasteiger partial charge in [0.05, 0.1) is 0 Å². The summed E-state index contributed by atoms with van der Waals surface area (Å²) in [7, 11) is 0. The molecular weight excluding hydrogens is 252 g/mol. The Balaban J connectivity index is 1.36. The first-order valence-electron chi connectivity index (χ1n) is 7.53. The molecular formula is C16H22N2S. The SMILES string of the molecule is c1ccc2c(c1)CCN(C1CN(C3CCSC3)C1)C2. The second-order valence-electron chi connectivity index (χ2n) is 6.11. The molecule has 4 rings (SSSR count). The van der Waals surface area contributed by atoms with Crippen molar-refractivity contribution in [2.24, 2.45) is 0 Å². The van der Waals surface area contributed by atoms with Crippen LogP contribution in [0.1, 0.15) is 17.5 Å². The zero-order chi connectivity index (χ0) is 12.7. The van der Waals surface area contributed by atoms with Crippen molar-refractivity contribution in [1.82, 2.24) is 9.80 Å². The van der Waals surface area contributed by atoms with E-state index in [-0.39, 0.29) is 0 Å². The molecule has 102 valence electrons. The highest BCUT2D eigenvalue weighted by atomic mass is 32.2. The number of hydrogen-bond acceptors (Lipinski definition) is 3. The van der Waals surface area contributed by atoms with Crippen LogP contribution in [-0.2, 0) is 13.0 Å². The average molecular weight is 274 g/mol. The Labute approximate surface area is 120 Å². The molecule has 0 aromatic heterocycles. The molecule has 0 radical (unpaired) electrons. The van der Waals surface area contributed by atoms with Crippen molar-refractivity contribution in [3.63, 3.8) is 0 Å². The highest BCUT2D eigenvalue weighted by Crippen LogP contribution is 2.29. The van der Waals surface area contributed by atoms with Gasteiger partial charge in [-0.1, -0.05) is 24.3 Å². The van der Waals surface area contributed by atoms with Crippen molar-refractivity contribution < 1.29 is 0 Å². The van der Waals surface area contributed by atoms with Crippen LogP contribution in [0.5, 0.6) is 0 Å². The zero-order valence-electron chi connectivity index (χ0n) is 11.4. The minimum atomic E-state index is 0.818. The van der Waals surface area contributed by atoms with Gasteiger partial charge in [-0.3, -0.25) is 9.80 Å². The fraction of sp³-hybridized carbons (Fsp3) is 0.625. The Hall–Kier alpha value is -0.510. The lowest BCUT2D eigenvalue weighted by atomic mass is 9.95. The molecule has 2 saturated heterocycles. The first-order chi connectivity index (χ1) is 9.40. The first kappa shape index (κ1) is 12.2. The van der Waals surface area contributed by atoms with E-state index in [1.54, 1.807) is 11.1 Å². The summed E-state index contributed by atoms with van der Waals surface area (Å²) in [6.07, 6.45) is 2.66.